The van der Waals surface area contributed by atoms with Crippen LogP contribution in [0.2, 0.25) is 5.02 Å². The molecule has 0 atom stereocenters. The summed E-state index contributed by atoms with van der Waals surface area (Å²) in [4.78, 5) is 15.4. The molecule has 0 radical (unpaired) electrons. The third-order valence-corrected chi connectivity index (χ3v) is 2.86. The zero-order chi connectivity index (χ0) is 12.6. The normalized spacial score (nSPS) is 10.5. The topological polar surface area (TPSA) is 65.2 Å². The number of hydrogen-bond acceptors (Lipinski definition) is 3. The molecule has 1 aromatic heterocycles. The van der Waals surface area contributed by atoms with Gasteiger partial charge in [-0.3, -0.25) is 4.79 Å². The van der Waals surface area contributed by atoms with Crippen LogP contribution in [0, 0.1) is 6.92 Å². The predicted octanol–water partition coefficient (Wildman–Crippen LogP) is 2.30. The number of fused-ring (bicyclic) bond motifs is 1. The number of benzene rings is 1. The van der Waals surface area contributed by atoms with E-state index in [9.17, 15) is 4.79 Å². The van der Waals surface area contributed by atoms with E-state index in [0.717, 1.165) is 10.9 Å². The van der Waals surface area contributed by atoms with Gasteiger partial charge >= 0.3 is 0 Å². The zero-order valence-corrected chi connectivity index (χ0v) is 10.2. The fraction of sp³-hybridized carbons (Fsp3) is 0.167. The van der Waals surface area contributed by atoms with Crippen molar-refractivity contribution in [1.82, 2.24) is 4.98 Å². The molecule has 0 aliphatic rings. The van der Waals surface area contributed by atoms with E-state index in [0.29, 0.717) is 16.3 Å². The van der Waals surface area contributed by atoms with Gasteiger partial charge in [0.1, 0.15) is 17.0 Å². The third-order valence-electron chi connectivity index (χ3n) is 2.54. The quantitative estimate of drug-likeness (QED) is 0.889. The second-order valence-corrected chi connectivity index (χ2v) is 4.07. The lowest BCUT2D eigenvalue weighted by Crippen LogP contribution is -2.13. The van der Waals surface area contributed by atoms with Gasteiger partial charge in [0.05, 0.1) is 12.1 Å². The Labute approximate surface area is 103 Å². The van der Waals surface area contributed by atoms with Crippen LogP contribution in [0.4, 0.5) is 0 Å². The summed E-state index contributed by atoms with van der Waals surface area (Å²) in [7, 11) is 1.54. The first-order chi connectivity index (χ1) is 8.04. The van der Waals surface area contributed by atoms with Gasteiger partial charge < -0.3 is 10.5 Å². The van der Waals surface area contributed by atoms with Gasteiger partial charge in [-0.25, -0.2) is 4.98 Å². The maximum absolute atomic E-state index is 11.2. The van der Waals surface area contributed by atoms with Gasteiger partial charge in [0, 0.05) is 5.39 Å². The van der Waals surface area contributed by atoms with E-state index >= 15 is 0 Å². The van der Waals surface area contributed by atoms with Gasteiger partial charge in [-0.2, -0.15) is 0 Å². The molecule has 0 saturated carbocycles. The predicted molar refractivity (Wildman–Crippen MR) is 66.6 cm³/mol. The number of aryl methyl sites for hydroxylation is 1. The SMILES string of the molecule is COc1ccc(Cl)c2c(C)cc(C(N)=O)nc12. The van der Waals surface area contributed by atoms with Crippen molar-refractivity contribution in [2.75, 3.05) is 7.11 Å². The largest absolute Gasteiger partial charge is 0.494 e. The molecule has 1 heterocycles. The lowest BCUT2D eigenvalue weighted by molar-refractivity contribution is 0.0996. The summed E-state index contributed by atoms with van der Waals surface area (Å²) in [5, 5.41) is 1.35. The molecular formula is C12H11ClN2O2. The minimum Gasteiger partial charge on any atom is -0.494 e. The van der Waals surface area contributed by atoms with Crippen LogP contribution in [-0.2, 0) is 0 Å². The molecule has 0 spiro atoms. The van der Waals surface area contributed by atoms with Crippen LogP contribution in [0.25, 0.3) is 10.9 Å². The maximum atomic E-state index is 11.2. The van der Waals surface area contributed by atoms with E-state index < -0.39 is 5.91 Å². The van der Waals surface area contributed by atoms with Crippen molar-refractivity contribution in [3.63, 3.8) is 0 Å². The number of hydrogen-bond donors (Lipinski definition) is 1. The van der Waals surface area contributed by atoms with Crippen LogP contribution in [0.3, 0.4) is 0 Å². The van der Waals surface area contributed by atoms with Crippen LogP contribution in [0.1, 0.15) is 16.1 Å². The number of nitrogens with two attached hydrogens (primary N) is 1. The van der Waals surface area contributed by atoms with E-state index in [1.807, 2.05) is 6.92 Å². The number of carbonyl (C=O) groups is 1. The second kappa shape index (κ2) is 4.22. The molecule has 2 aromatic rings. The number of primary amides is 1. The van der Waals surface area contributed by atoms with Crippen molar-refractivity contribution >= 4 is 28.4 Å². The van der Waals surface area contributed by atoms with Gasteiger partial charge in [-0.05, 0) is 30.7 Å². The molecule has 0 fully saturated rings. The average molecular weight is 251 g/mol. The molecule has 88 valence electrons. The number of amides is 1. The molecule has 0 saturated heterocycles. The van der Waals surface area contributed by atoms with Crippen molar-refractivity contribution in [2.45, 2.75) is 6.92 Å². The van der Waals surface area contributed by atoms with Gasteiger partial charge in [0.15, 0.2) is 0 Å². The van der Waals surface area contributed by atoms with E-state index in [2.05, 4.69) is 4.98 Å². The minimum atomic E-state index is -0.572. The second-order valence-electron chi connectivity index (χ2n) is 3.66. The number of halogens is 1. The van der Waals surface area contributed by atoms with Crippen LogP contribution in [0.5, 0.6) is 5.75 Å². The van der Waals surface area contributed by atoms with Gasteiger partial charge in [0.2, 0.25) is 0 Å². The summed E-state index contributed by atoms with van der Waals surface area (Å²) in [5.41, 5.74) is 6.82. The first-order valence-corrected chi connectivity index (χ1v) is 5.36. The van der Waals surface area contributed by atoms with Crippen molar-refractivity contribution < 1.29 is 9.53 Å². The number of methoxy groups -OCH3 is 1. The van der Waals surface area contributed by atoms with Crippen molar-refractivity contribution in [1.29, 1.82) is 0 Å². The van der Waals surface area contributed by atoms with Gasteiger partial charge in [0.25, 0.3) is 5.91 Å². The van der Waals surface area contributed by atoms with Gasteiger partial charge in [-0.1, -0.05) is 11.6 Å². The van der Waals surface area contributed by atoms with Crippen molar-refractivity contribution in [3.8, 4) is 5.75 Å². The standard InChI is InChI=1S/C12H11ClN2O2/c1-6-5-8(12(14)16)15-11-9(17-2)4-3-7(13)10(6)11/h3-5H,1-2H3,(H2,14,16). The average Bonchev–Trinajstić information content (AvgIpc) is 2.28. The summed E-state index contributed by atoms with van der Waals surface area (Å²) >= 11 is 6.11. The Balaban J connectivity index is 2.89. The van der Waals surface area contributed by atoms with Crippen LogP contribution >= 0.6 is 11.6 Å². The molecule has 1 amide bonds. The lowest BCUT2D eigenvalue weighted by atomic mass is 10.1. The smallest absolute Gasteiger partial charge is 0.267 e. The number of aromatic nitrogens is 1. The Morgan fingerprint density at radius 3 is 2.76 bits per heavy atom. The Morgan fingerprint density at radius 2 is 2.18 bits per heavy atom. The Kier molecular flexibility index (Phi) is 2.90. The van der Waals surface area contributed by atoms with Crippen LogP contribution in [0.15, 0.2) is 18.2 Å². The number of ether oxygens (including phenoxy) is 1. The Hall–Kier alpha value is -1.81. The highest BCUT2D eigenvalue weighted by atomic mass is 35.5. The molecule has 4 nitrogen and oxygen atoms in total. The van der Waals surface area contributed by atoms with E-state index in [1.165, 1.54) is 7.11 Å². The summed E-state index contributed by atoms with van der Waals surface area (Å²) in [6.07, 6.45) is 0. The van der Waals surface area contributed by atoms with Crippen molar-refractivity contribution in [2.24, 2.45) is 5.73 Å². The fourth-order valence-corrected chi connectivity index (χ4v) is 2.06. The summed E-state index contributed by atoms with van der Waals surface area (Å²) < 4.78 is 5.20. The minimum absolute atomic E-state index is 0.204. The number of nitrogens with zero attached hydrogens (tertiary/aromatic N) is 1. The fourth-order valence-electron chi connectivity index (χ4n) is 1.75. The van der Waals surface area contributed by atoms with Crippen LogP contribution in [-0.4, -0.2) is 18.0 Å². The maximum Gasteiger partial charge on any atom is 0.267 e. The van der Waals surface area contributed by atoms with E-state index in [1.54, 1.807) is 18.2 Å². The Bertz CT molecular complexity index is 611. The molecule has 0 aliphatic heterocycles. The highest BCUT2D eigenvalue weighted by molar-refractivity contribution is 6.36. The molecule has 1 aromatic carbocycles. The lowest BCUT2D eigenvalue weighted by Gasteiger charge is -2.09. The van der Waals surface area contributed by atoms with Crippen LogP contribution < -0.4 is 10.5 Å². The molecule has 5 heteroatoms. The summed E-state index contributed by atoms with van der Waals surface area (Å²) in [5.74, 6) is -0.00683. The van der Waals surface area contributed by atoms with Gasteiger partial charge in [-0.15, -0.1) is 0 Å². The molecule has 2 N–H and O–H groups in total. The van der Waals surface area contributed by atoms with Crippen molar-refractivity contribution in [3.05, 3.63) is 34.5 Å². The first-order valence-electron chi connectivity index (χ1n) is 4.98. The molecule has 0 aliphatic carbocycles. The molecule has 0 unspecified atom stereocenters. The summed E-state index contributed by atoms with van der Waals surface area (Å²) in [6, 6.07) is 5.07. The van der Waals surface area contributed by atoms with E-state index in [-0.39, 0.29) is 5.69 Å². The number of rotatable bonds is 2. The highest BCUT2D eigenvalue weighted by Gasteiger charge is 2.13. The number of carbonyl (C=O) groups excluding carboxylic acids is 1. The molecule has 17 heavy (non-hydrogen) atoms. The Morgan fingerprint density at radius 1 is 1.47 bits per heavy atom. The number of pyridine rings is 1. The summed E-state index contributed by atoms with van der Waals surface area (Å²) in [6.45, 7) is 1.85. The highest BCUT2D eigenvalue weighted by Crippen LogP contribution is 2.32. The van der Waals surface area contributed by atoms with E-state index in [4.69, 9.17) is 22.1 Å². The molecule has 2 rings (SSSR count). The zero-order valence-electron chi connectivity index (χ0n) is 9.45. The third kappa shape index (κ3) is 1.91. The molecular weight excluding hydrogens is 240 g/mol. The molecule has 0 bridgehead atoms. The first kappa shape index (κ1) is 11.7. The monoisotopic (exact) mass is 250 g/mol.